The number of nitrogens with one attached hydrogen (secondary N) is 2. The van der Waals surface area contributed by atoms with E-state index in [0.717, 1.165) is 5.69 Å². The maximum Gasteiger partial charge on any atom is 0.195 e. The van der Waals surface area contributed by atoms with Crippen LogP contribution in [0.4, 0.5) is 10.1 Å². The highest BCUT2D eigenvalue weighted by molar-refractivity contribution is 5.93. The number of anilines is 1. The minimum Gasteiger partial charge on any atom is -0.493 e. The number of methoxy groups -OCH3 is 2. The zero-order chi connectivity index (χ0) is 18.2. The van der Waals surface area contributed by atoms with Crippen molar-refractivity contribution < 1.29 is 13.9 Å². The largest absolute Gasteiger partial charge is 0.493 e. The zero-order valence-electron chi connectivity index (χ0n) is 14.3. The summed E-state index contributed by atoms with van der Waals surface area (Å²) in [6, 6.07) is 11.6. The fraction of sp³-hybridized carbons (Fsp3) is 0.222. The molecule has 6 nitrogen and oxygen atoms in total. The van der Waals surface area contributed by atoms with Gasteiger partial charge in [0.05, 0.1) is 25.9 Å². The molecule has 0 aliphatic carbocycles. The van der Waals surface area contributed by atoms with Crippen LogP contribution >= 0.6 is 0 Å². The molecule has 25 heavy (non-hydrogen) atoms. The van der Waals surface area contributed by atoms with Crippen LogP contribution in [0, 0.1) is 17.1 Å². The fourth-order valence-corrected chi connectivity index (χ4v) is 2.19. The van der Waals surface area contributed by atoms with E-state index >= 15 is 0 Å². The van der Waals surface area contributed by atoms with Gasteiger partial charge in [0.15, 0.2) is 17.5 Å². The third-order valence-corrected chi connectivity index (χ3v) is 3.49. The summed E-state index contributed by atoms with van der Waals surface area (Å²) in [6.07, 6.45) is 0. The van der Waals surface area contributed by atoms with E-state index in [4.69, 9.17) is 14.7 Å². The summed E-state index contributed by atoms with van der Waals surface area (Å²) in [5.74, 6) is 1.27. The van der Waals surface area contributed by atoms with Crippen LogP contribution in [0.1, 0.15) is 11.1 Å². The lowest BCUT2D eigenvalue weighted by Gasteiger charge is -2.14. The molecule has 0 aliphatic rings. The normalized spacial score (nSPS) is 10.8. The number of nitriles is 1. The van der Waals surface area contributed by atoms with Gasteiger partial charge in [0.1, 0.15) is 5.82 Å². The predicted molar refractivity (Wildman–Crippen MR) is 94.5 cm³/mol. The van der Waals surface area contributed by atoms with Gasteiger partial charge in [-0.15, -0.1) is 0 Å². The summed E-state index contributed by atoms with van der Waals surface area (Å²) in [4.78, 5) is 4.10. The van der Waals surface area contributed by atoms with Crippen molar-refractivity contribution in [2.75, 3.05) is 26.6 Å². The molecule has 0 aliphatic heterocycles. The summed E-state index contributed by atoms with van der Waals surface area (Å²) < 4.78 is 24.3. The summed E-state index contributed by atoms with van der Waals surface area (Å²) >= 11 is 0. The molecule has 0 aromatic heterocycles. The van der Waals surface area contributed by atoms with Crippen LogP contribution in [0.15, 0.2) is 41.4 Å². The molecular formula is C18H19FN4O2. The van der Waals surface area contributed by atoms with Crippen molar-refractivity contribution in [2.45, 2.75) is 6.54 Å². The van der Waals surface area contributed by atoms with E-state index in [-0.39, 0.29) is 12.4 Å². The Bertz CT molecular complexity index is 815. The maximum absolute atomic E-state index is 13.8. The molecule has 2 N–H and O–H groups in total. The van der Waals surface area contributed by atoms with Crippen molar-refractivity contribution in [1.29, 1.82) is 5.26 Å². The molecule has 0 saturated heterocycles. The smallest absolute Gasteiger partial charge is 0.195 e. The first kappa shape index (κ1) is 18.1. The Morgan fingerprint density at radius 2 is 1.92 bits per heavy atom. The molecule has 2 aromatic carbocycles. The van der Waals surface area contributed by atoms with Crippen LogP contribution in [0.25, 0.3) is 0 Å². The Hall–Kier alpha value is -3.27. The van der Waals surface area contributed by atoms with Crippen molar-refractivity contribution in [3.63, 3.8) is 0 Å². The number of benzene rings is 2. The van der Waals surface area contributed by atoms with E-state index in [2.05, 4.69) is 15.6 Å². The number of hydrogen-bond donors (Lipinski definition) is 2. The van der Waals surface area contributed by atoms with Crippen LogP contribution in [0.2, 0.25) is 0 Å². The van der Waals surface area contributed by atoms with E-state index in [9.17, 15) is 4.39 Å². The van der Waals surface area contributed by atoms with Crippen molar-refractivity contribution in [3.05, 3.63) is 53.3 Å². The number of ether oxygens (including phenoxy) is 2. The first-order valence-corrected chi connectivity index (χ1v) is 7.49. The third kappa shape index (κ3) is 4.61. The quantitative estimate of drug-likeness (QED) is 0.645. The van der Waals surface area contributed by atoms with E-state index in [0.29, 0.717) is 28.6 Å². The van der Waals surface area contributed by atoms with Gasteiger partial charge in [-0.1, -0.05) is 0 Å². The van der Waals surface area contributed by atoms with E-state index in [1.165, 1.54) is 18.2 Å². The summed E-state index contributed by atoms with van der Waals surface area (Å²) in [7, 11) is 4.73. The fourth-order valence-electron chi connectivity index (χ4n) is 2.19. The number of guanidine groups is 1. The number of hydrogen-bond acceptors (Lipinski definition) is 4. The molecule has 7 heteroatoms. The van der Waals surface area contributed by atoms with E-state index < -0.39 is 0 Å². The van der Waals surface area contributed by atoms with Gasteiger partial charge < -0.3 is 20.1 Å². The Balaban J connectivity index is 2.08. The maximum atomic E-state index is 13.8. The van der Waals surface area contributed by atoms with Crippen LogP contribution < -0.4 is 20.1 Å². The van der Waals surface area contributed by atoms with Crippen LogP contribution in [0.5, 0.6) is 11.5 Å². The van der Waals surface area contributed by atoms with E-state index in [1.54, 1.807) is 33.4 Å². The Morgan fingerprint density at radius 1 is 1.16 bits per heavy atom. The molecule has 130 valence electrons. The minimum atomic E-state index is -0.381. The van der Waals surface area contributed by atoms with Crippen molar-refractivity contribution in [2.24, 2.45) is 4.99 Å². The van der Waals surface area contributed by atoms with Gasteiger partial charge in [-0.2, -0.15) is 5.26 Å². The molecule has 0 unspecified atom stereocenters. The van der Waals surface area contributed by atoms with Gasteiger partial charge in [-0.25, -0.2) is 4.39 Å². The van der Waals surface area contributed by atoms with Gasteiger partial charge in [0.25, 0.3) is 0 Å². The second kappa shape index (κ2) is 8.55. The highest BCUT2D eigenvalue weighted by Crippen LogP contribution is 2.29. The Kier molecular flexibility index (Phi) is 6.18. The standard InChI is InChI=1S/C18H19FN4O2/c1-21-18(22-11-13-8-12(10-20)4-6-15(13)19)23-14-5-7-16(24-2)17(9-14)25-3/h4-9H,11H2,1-3H3,(H2,21,22,23). The molecule has 0 saturated carbocycles. The average Bonchev–Trinajstić information content (AvgIpc) is 2.65. The summed E-state index contributed by atoms with van der Waals surface area (Å²) in [5.41, 5.74) is 1.52. The molecule has 0 amide bonds. The average molecular weight is 342 g/mol. The first-order chi connectivity index (χ1) is 12.1. The predicted octanol–water partition coefficient (Wildman–Crippen LogP) is 2.90. The molecule has 2 rings (SSSR count). The van der Waals surface area contributed by atoms with Gasteiger partial charge in [0, 0.05) is 30.9 Å². The lowest BCUT2D eigenvalue weighted by Crippen LogP contribution is -2.30. The van der Waals surface area contributed by atoms with E-state index in [1.807, 2.05) is 12.1 Å². The van der Waals surface area contributed by atoms with Gasteiger partial charge in [0.2, 0.25) is 0 Å². The van der Waals surface area contributed by atoms with Gasteiger partial charge >= 0.3 is 0 Å². The number of nitrogens with zero attached hydrogens (tertiary/aromatic N) is 2. The highest BCUT2D eigenvalue weighted by atomic mass is 19.1. The van der Waals surface area contributed by atoms with Gasteiger partial charge in [-0.3, -0.25) is 4.99 Å². The molecule has 0 atom stereocenters. The molecule has 0 fully saturated rings. The van der Waals surface area contributed by atoms with Crippen molar-refractivity contribution in [3.8, 4) is 17.6 Å². The molecule has 0 heterocycles. The van der Waals surface area contributed by atoms with Crippen LogP contribution in [-0.4, -0.2) is 27.2 Å². The lowest BCUT2D eigenvalue weighted by atomic mass is 10.1. The second-order valence-electron chi connectivity index (χ2n) is 5.04. The molecule has 0 spiro atoms. The van der Waals surface area contributed by atoms with Crippen molar-refractivity contribution >= 4 is 11.6 Å². The number of halogens is 1. The summed E-state index contributed by atoms with van der Waals surface area (Å²) in [6.45, 7) is 0.189. The third-order valence-electron chi connectivity index (χ3n) is 3.49. The molecule has 2 aromatic rings. The van der Waals surface area contributed by atoms with Crippen LogP contribution in [-0.2, 0) is 6.54 Å². The summed E-state index contributed by atoms with van der Waals surface area (Å²) in [5, 5.41) is 15.0. The SMILES string of the molecule is CN=C(NCc1cc(C#N)ccc1F)Nc1ccc(OC)c(OC)c1. The molecular weight excluding hydrogens is 323 g/mol. The van der Waals surface area contributed by atoms with Crippen molar-refractivity contribution in [1.82, 2.24) is 5.32 Å². The monoisotopic (exact) mass is 342 g/mol. The second-order valence-corrected chi connectivity index (χ2v) is 5.04. The minimum absolute atomic E-state index is 0.189. The number of rotatable bonds is 5. The zero-order valence-corrected chi connectivity index (χ0v) is 14.3. The van der Waals surface area contributed by atoms with Crippen LogP contribution in [0.3, 0.4) is 0 Å². The first-order valence-electron chi connectivity index (χ1n) is 7.49. The highest BCUT2D eigenvalue weighted by Gasteiger charge is 2.08. The van der Waals surface area contributed by atoms with Gasteiger partial charge in [-0.05, 0) is 30.3 Å². The molecule has 0 radical (unpaired) electrons. The topological polar surface area (TPSA) is 78.7 Å². The Morgan fingerprint density at radius 3 is 2.56 bits per heavy atom. The molecule has 0 bridgehead atoms. The number of aliphatic imine (C=N–C) groups is 1. The lowest BCUT2D eigenvalue weighted by molar-refractivity contribution is 0.355. The Labute approximate surface area is 145 Å².